The fraction of sp³-hybridized carbons (Fsp3) is 0.292. The van der Waals surface area contributed by atoms with Crippen molar-refractivity contribution in [3.8, 4) is 0 Å². The van der Waals surface area contributed by atoms with Crippen LogP contribution in [-0.4, -0.2) is 27.3 Å². The van der Waals surface area contributed by atoms with Gasteiger partial charge in [0, 0.05) is 24.9 Å². The van der Waals surface area contributed by atoms with Crippen molar-refractivity contribution >= 4 is 16.9 Å². The van der Waals surface area contributed by atoms with Crippen LogP contribution in [-0.2, 0) is 19.5 Å². The number of nitrogens with zero attached hydrogens (tertiary/aromatic N) is 4. The van der Waals surface area contributed by atoms with Gasteiger partial charge in [-0.15, -0.1) is 10.2 Å². The molecule has 160 valence electrons. The predicted octanol–water partition coefficient (Wildman–Crippen LogP) is 4.08. The number of aromatic nitrogens is 3. The van der Waals surface area contributed by atoms with E-state index in [0.29, 0.717) is 13.1 Å². The molecule has 4 aromatic rings. The number of benzene rings is 2. The fourth-order valence-corrected chi connectivity index (χ4v) is 3.43. The fourth-order valence-electron chi connectivity index (χ4n) is 3.43. The molecule has 4 rings (SSSR count). The average molecular weight is 417 g/mol. The van der Waals surface area contributed by atoms with Crippen molar-refractivity contribution in [3.05, 3.63) is 84.1 Å². The molecule has 1 atom stereocenters. The van der Waals surface area contributed by atoms with Crippen LogP contribution in [0.3, 0.4) is 0 Å². The second kappa shape index (κ2) is 9.93. The topological polar surface area (TPSA) is 80.3 Å². The summed E-state index contributed by atoms with van der Waals surface area (Å²) in [5, 5.41) is 16.2. The van der Waals surface area contributed by atoms with Gasteiger partial charge in [-0.1, -0.05) is 55.5 Å². The summed E-state index contributed by atoms with van der Waals surface area (Å²) in [6.45, 7) is 6.22. The van der Waals surface area contributed by atoms with Crippen molar-refractivity contribution in [2.45, 2.75) is 39.4 Å². The molecule has 0 saturated heterocycles. The molecule has 0 aliphatic rings. The smallest absolute Gasteiger partial charge is 0.192 e. The van der Waals surface area contributed by atoms with Gasteiger partial charge in [0.15, 0.2) is 5.96 Å². The molecule has 0 spiro atoms. The van der Waals surface area contributed by atoms with Crippen LogP contribution in [0.15, 0.2) is 76.4 Å². The second-order valence-corrected chi connectivity index (χ2v) is 7.42. The van der Waals surface area contributed by atoms with E-state index >= 15 is 0 Å². The maximum absolute atomic E-state index is 6.02. The van der Waals surface area contributed by atoms with Crippen LogP contribution >= 0.6 is 0 Å². The summed E-state index contributed by atoms with van der Waals surface area (Å²) >= 11 is 0. The minimum Gasteiger partial charge on any atom is -0.459 e. The molecule has 2 N–H and O–H groups in total. The van der Waals surface area contributed by atoms with E-state index < -0.39 is 0 Å². The number of nitrogens with one attached hydrogen (secondary N) is 2. The molecule has 0 fully saturated rings. The van der Waals surface area contributed by atoms with Crippen molar-refractivity contribution in [1.82, 2.24) is 25.4 Å². The number of rotatable bonds is 8. The van der Waals surface area contributed by atoms with E-state index in [1.165, 1.54) is 0 Å². The molecule has 2 aromatic carbocycles. The van der Waals surface area contributed by atoms with Gasteiger partial charge in [0.1, 0.15) is 23.5 Å². The third-order valence-corrected chi connectivity index (χ3v) is 5.14. The summed E-state index contributed by atoms with van der Waals surface area (Å²) < 4.78 is 8.08. The van der Waals surface area contributed by atoms with E-state index in [1.54, 1.807) is 6.33 Å². The highest BCUT2D eigenvalue weighted by molar-refractivity contribution is 5.81. The first kappa shape index (κ1) is 20.7. The van der Waals surface area contributed by atoms with Crippen molar-refractivity contribution in [3.63, 3.8) is 0 Å². The molecule has 0 bridgehead atoms. The Morgan fingerprint density at radius 1 is 1.13 bits per heavy atom. The molecule has 0 saturated carbocycles. The Hall–Kier alpha value is -3.61. The van der Waals surface area contributed by atoms with Crippen LogP contribution in [0.1, 0.15) is 37.0 Å². The number of para-hydroxylation sites is 1. The SMILES string of the molecule is CCc1nncn1CCNC(=NCc1ccccc1)NC(C)c1cc2ccccc2o1. The molecule has 0 aliphatic carbocycles. The van der Waals surface area contributed by atoms with Gasteiger partial charge in [-0.25, -0.2) is 4.99 Å². The first-order chi connectivity index (χ1) is 15.2. The van der Waals surface area contributed by atoms with E-state index in [4.69, 9.17) is 9.41 Å². The molecule has 1 unspecified atom stereocenters. The predicted molar refractivity (Wildman–Crippen MR) is 123 cm³/mol. The molecular formula is C24H28N6O. The van der Waals surface area contributed by atoms with E-state index in [2.05, 4.69) is 63.5 Å². The highest BCUT2D eigenvalue weighted by Crippen LogP contribution is 2.23. The van der Waals surface area contributed by atoms with Crippen LogP contribution in [0.25, 0.3) is 11.0 Å². The average Bonchev–Trinajstić information content (AvgIpc) is 3.44. The quantitative estimate of drug-likeness (QED) is 0.334. The van der Waals surface area contributed by atoms with Gasteiger partial charge in [0.2, 0.25) is 0 Å². The number of furan rings is 1. The first-order valence-corrected chi connectivity index (χ1v) is 10.7. The molecule has 2 heterocycles. The summed E-state index contributed by atoms with van der Waals surface area (Å²) in [6, 6.07) is 20.3. The lowest BCUT2D eigenvalue weighted by atomic mass is 10.2. The van der Waals surface area contributed by atoms with E-state index in [-0.39, 0.29) is 6.04 Å². The minimum atomic E-state index is -0.0319. The Morgan fingerprint density at radius 3 is 2.74 bits per heavy atom. The van der Waals surface area contributed by atoms with Gasteiger partial charge in [0.05, 0.1) is 12.6 Å². The monoisotopic (exact) mass is 416 g/mol. The van der Waals surface area contributed by atoms with Crippen molar-refractivity contribution < 1.29 is 4.42 Å². The van der Waals surface area contributed by atoms with Crippen LogP contribution in [0.2, 0.25) is 0 Å². The van der Waals surface area contributed by atoms with Gasteiger partial charge >= 0.3 is 0 Å². The molecule has 7 nitrogen and oxygen atoms in total. The largest absolute Gasteiger partial charge is 0.459 e. The van der Waals surface area contributed by atoms with E-state index in [0.717, 1.165) is 47.0 Å². The lowest BCUT2D eigenvalue weighted by Crippen LogP contribution is -2.40. The second-order valence-electron chi connectivity index (χ2n) is 7.42. The third-order valence-electron chi connectivity index (χ3n) is 5.14. The first-order valence-electron chi connectivity index (χ1n) is 10.7. The molecule has 31 heavy (non-hydrogen) atoms. The Kier molecular flexibility index (Phi) is 6.62. The summed E-state index contributed by atoms with van der Waals surface area (Å²) in [6.07, 6.45) is 2.63. The van der Waals surface area contributed by atoms with Crippen molar-refractivity contribution in [2.75, 3.05) is 6.54 Å². The van der Waals surface area contributed by atoms with Crippen LogP contribution in [0.5, 0.6) is 0 Å². The van der Waals surface area contributed by atoms with Crippen molar-refractivity contribution in [1.29, 1.82) is 0 Å². The number of guanidine groups is 1. The molecular weight excluding hydrogens is 388 g/mol. The van der Waals surface area contributed by atoms with Gasteiger partial charge in [-0.2, -0.15) is 0 Å². The van der Waals surface area contributed by atoms with Gasteiger partial charge in [-0.3, -0.25) is 0 Å². The molecule has 7 heteroatoms. The summed E-state index contributed by atoms with van der Waals surface area (Å²) in [5.74, 6) is 2.60. The summed E-state index contributed by atoms with van der Waals surface area (Å²) in [5.41, 5.74) is 2.05. The normalized spacial score (nSPS) is 12.8. The number of hydrogen-bond donors (Lipinski definition) is 2. The molecule has 0 amide bonds. The number of fused-ring (bicyclic) bond motifs is 1. The van der Waals surface area contributed by atoms with Gasteiger partial charge in [-0.05, 0) is 24.6 Å². The molecule has 2 aromatic heterocycles. The lowest BCUT2D eigenvalue weighted by Gasteiger charge is -2.17. The highest BCUT2D eigenvalue weighted by atomic mass is 16.3. The number of hydrogen-bond acceptors (Lipinski definition) is 4. The Balaban J connectivity index is 1.45. The van der Waals surface area contributed by atoms with Gasteiger partial charge in [0.25, 0.3) is 0 Å². The number of aliphatic imine (C=N–C) groups is 1. The van der Waals surface area contributed by atoms with Crippen LogP contribution in [0, 0.1) is 0 Å². The van der Waals surface area contributed by atoms with E-state index in [9.17, 15) is 0 Å². The van der Waals surface area contributed by atoms with E-state index in [1.807, 2.05) is 36.4 Å². The zero-order valence-electron chi connectivity index (χ0n) is 18.0. The Morgan fingerprint density at radius 2 is 1.94 bits per heavy atom. The maximum atomic E-state index is 6.02. The maximum Gasteiger partial charge on any atom is 0.192 e. The Labute approximate surface area is 182 Å². The number of aryl methyl sites for hydroxylation is 1. The zero-order chi connectivity index (χ0) is 21.5. The third kappa shape index (κ3) is 5.31. The molecule has 0 aliphatic heterocycles. The summed E-state index contributed by atoms with van der Waals surface area (Å²) in [7, 11) is 0. The zero-order valence-corrected chi connectivity index (χ0v) is 18.0. The minimum absolute atomic E-state index is 0.0319. The highest BCUT2D eigenvalue weighted by Gasteiger charge is 2.13. The molecule has 0 radical (unpaired) electrons. The van der Waals surface area contributed by atoms with Crippen molar-refractivity contribution in [2.24, 2.45) is 4.99 Å². The van der Waals surface area contributed by atoms with Crippen LogP contribution in [0.4, 0.5) is 0 Å². The van der Waals surface area contributed by atoms with Gasteiger partial charge < -0.3 is 19.6 Å². The lowest BCUT2D eigenvalue weighted by molar-refractivity contribution is 0.487. The standard InChI is InChI=1S/C24H28N6O/c1-3-23-29-27-17-30(23)14-13-25-24(26-16-19-9-5-4-6-10-19)28-18(2)22-15-20-11-7-8-12-21(20)31-22/h4-12,15,17-18H,3,13-14,16H2,1-2H3,(H2,25,26,28). The van der Waals surface area contributed by atoms with Crippen LogP contribution < -0.4 is 10.6 Å². The Bertz CT molecular complexity index is 1100. The summed E-state index contributed by atoms with van der Waals surface area (Å²) in [4.78, 5) is 4.79.